The van der Waals surface area contributed by atoms with Crippen LogP contribution in [0.15, 0.2) is 0 Å². The second-order valence-electron chi connectivity index (χ2n) is 9.14. The van der Waals surface area contributed by atoms with Gasteiger partial charge in [-0.1, -0.05) is 6.92 Å². The molecule has 1 aliphatic rings. The van der Waals surface area contributed by atoms with E-state index in [0.717, 1.165) is 20.8 Å². The first-order valence-corrected chi connectivity index (χ1v) is 9.38. The molecule has 0 N–H and O–H groups in total. The predicted octanol–water partition coefficient (Wildman–Crippen LogP) is 5.73. The van der Waals surface area contributed by atoms with Crippen LogP contribution in [0.25, 0.3) is 0 Å². The number of hydrogen-bond acceptors (Lipinski definition) is 4. The maximum absolute atomic E-state index is 14.2. The Labute approximate surface area is 166 Å². The highest BCUT2D eigenvalue weighted by Crippen LogP contribution is 2.59. The molecule has 0 heterocycles. The Kier molecular flexibility index (Phi) is 6.74. The van der Waals surface area contributed by atoms with Crippen molar-refractivity contribution >= 4 is 11.9 Å². The molecule has 0 atom stereocenters. The van der Waals surface area contributed by atoms with Crippen LogP contribution in [0.1, 0.15) is 73.6 Å². The standard InChI is InChI=1S/C19H28F6O4/c1-7-15(5,6)13(27)28-16(10-8-9-11-16)17(18(20,21)22,19(23,24)25)29-12(26)14(2,3)4/h7-11H2,1-6H3. The summed E-state index contributed by atoms with van der Waals surface area (Å²) in [6.07, 6.45) is -13.5. The van der Waals surface area contributed by atoms with Crippen molar-refractivity contribution in [3.63, 3.8) is 0 Å². The Balaban J connectivity index is 3.75. The van der Waals surface area contributed by atoms with Crippen molar-refractivity contribution in [1.82, 2.24) is 0 Å². The van der Waals surface area contributed by atoms with Crippen LogP contribution < -0.4 is 0 Å². The third-order valence-corrected chi connectivity index (χ3v) is 5.43. The molecule has 0 aliphatic heterocycles. The first kappa shape index (κ1) is 25.6. The molecule has 1 rings (SSSR count). The van der Waals surface area contributed by atoms with Crippen LogP contribution in [0.2, 0.25) is 0 Å². The number of alkyl halides is 6. The molecule has 1 saturated carbocycles. The van der Waals surface area contributed by atoms with E-state index < -0.39 is 59.2 Å². The Morgan fingerprint density at radius 1 is 0.828 bits per heavy atom. The lowest BCUT2D eigenvalue weighted by atomic mass is 9.78. The molecule has 170 valence electrons. The first-order valence-electron chi connectivity index (χ1n) is 9.38. The lowest BCUT2D eigenvalue weighted by Crippen LogP contribution is -2.73. The number of esters is 2. The smallest absolute Gasteiger partial charge is 0.441 e. The highest BCUT2D eigenvalue weighted by Gasteiger charge is 2.85. The third kappa shape index (κ3) is 4.50. The molecule has 29 heavy (non-hydrogen) atoms. The van der Waals surface area contributed by atoms with Gasteiger partial charge >= 0.3 is 29.9 Å². The van der Waals surface area contributed by atoms with Gasteiger partial charge in [-0.3, -0.25) is 9.59 Å². The summed E-state index contributed by atoms with van der Waals surface area (Å²) in [4.78, 5) is 24.8. The number of hydrogen-bond donors (Lipinski definition) is 0. The SMILES string of the molecule is CCC(C)(C)C(=O)OC1(C(OC(=O)C(C)(C)C)(C(F)(F)F)C(F)(F)F)CCCC1. The largest absolute Gasteiger partial charge is 0.454 e. The van der Waals surface area contributed by atoms with E-state index in [1.54, 1.807) is 6.92 Å². The summed E-state index contributed by atoms with van der Waals surface area (Å²) in [5.74, 6) is -2.89. The summed E-state index contributed by atoms with van der Waals surface area (Å²) in [6, 6.07) is 0. The second kappa shape index (κ2) is 7.65. The first-order chi connectivity index (χ1) is 12.8. The Hall–Kier alpha value is -1.48. The van der Waals surface area contributed by atoms with Gasteiger partial charge in [0.25, 0.3) is 0 Å². The summed E-state index contributed by atoms with van der Waals surface area (Å²) in [5, 5.41) is 0. The molecule has 1 aliphatic carbocycles. The van der Waals surface area contributed by atoms with Crippen LogP contribution in [0.4, 0.5) is 26.3 Å². The van der Waals surface area contributed by atoms with Gasteiger partial charge < -0.3 is 9.47 Å². The van der Waals surface area contributed by atoms with Crippen LogP contribution in [0.5, 0.6) is 0 Å². The molecule has 0 unspecified atom stereocenters. The van der Waals surface area contributed by atoms with Crippen molar-refractivity contribution < 1.29 is 45.4 Å². The van der Waals surface area contributed by atoms with E-state index in [1.807, 2.05) is 0 Å². The van der Waals surface area contributed by atoms with Gasteiger partial charge in [0.1, 0.15) is 0 Å². The Morgan fingerprint density at radius 2 is 1.24 bits per heavy atom. The van der Waals surface area contributed by atoms with Crippen molar-refractivity contribution in [2.45, 2.75) is 97.2 Å². The highest BCUT2D eigenvalue weighted by atomic mass is 19.4. The van der Waals surface area contributed by atoms with Crippen LogP contribution in [0.3, 0.4) is 0 Å². The minimum Gasteiger partial charge on any atom is -0.454 e. The van der Waals surface area contributed by atoms with Crippen molar-refractivity contribution in [1.29, 1.82) is 0 Å². The monoisotopic (exact) mass is 434 g/mol. The van der Waals surface area contributed by atoms with E-state index in [2.05, 4.69) is 4.74 Å². The van der Waals surface area contributed by atoms with Crippen molar-refractivity contribution in [3.8, 4) is 0 Å². The average molecular weight is 434 g/mol. The zero-order valence-electron chi connectivity index (χ0n) is 17.4. The third-order valence-electron chi connectivity index (χ3n) is 5.43. The maximum Gasteiger partial charge on any atom is 0.441 e. The van der Waals surface area contributed by atoms with Gasteiger partial charge in [0.15, 0.2) is 5.60 Å². The van der Waals surface area contributed by atoms with E-state index in [9.17, 15) is 35.9 Å². The molecule has 1 fully saturated rings. The van der Waals surface area contributed by atoms with Gasteiger partial charge in [-0.15, -0.1) is 0 Å². The van der Waals surface area contributed by atoms with Gasteiger partial charge in [0.05, 0.1) is 10.8 Å². The minimum absolute atomic E-state index is 0.0409. The molecule has 0 aromatic rings. The van der Waals surface area contributed by atoms with Crippen LogP contribution in [0, 0.1) is 10.8 Å². The molecule has 0 spiro atoms. The van der Waals surface area contributed by atoms with Crippen LogP contribution >= 0.6 is 0 Å². The second-order valence-corrected chi connectivity index (χ2v) is 9.14. The normalized spacial score (nSPS) is 18.5. The van der Waals surface area contributed by atoms with Crippen LogP contribution in [-0.2, 0) is 19.1 Å². The summed E-state index contributed by atoms with van der Waals surface area (Å²) in [6.45, 7) is 7.70. The quantitative estimate of drug-likeness (QED) is 0.410. The van der Waals surface area contributed by atoms with E-state index >= 15 is 0 Å². The van der Waals surface area contributed by atoms with Gasteiger partial charge in [-0.2, -0.15) is 26.3 Å². The zero-order valence-corrected chi connectivity index (χ0v) is 17.4. The van der Waals surface area contributed by atoms with Gasteiger partial charge in [0, 0.05) is 0 Å². The molecular formula is C19H28F6O4. The Bertz CT molecular complexity index is 608. The zero-order chi connectivity index (χ0) is 23.1. The molecule has 0 bridgehead atoms. The predicted molar refractivity (Wildman–Crippen MR) is 91.8 cm³/mol. The maximum atomic E-state index is 14.2. The fraction of sp³-hybridized carbons (Fsp3) is 0.895. The van der Waals surface area contributed by atoms with E-state index in [1.165, 1.54) is 13.8 Å². The lowest BCUT2D eigenvalue weighted by Gasteiger charge is -2.49. The molecular weight excluding hydrogens is 406 g/mol. The van der Waals surface area contributed by atoms with E-state index in [4.69, 9.17) is 4.74 Å². The highest BCUT2D eigenvalue weighted by molar-refractivity contribution is 5.78. The number of halogens is 6. The fourth-order valence-electron chi connectivity index (χ4n) is 3.11. The van der Waals surface area contributed by atoms with Crippen LogP contribution in [-0.4, -0.2) is 35.5 Å². The number of carbonyl (C=O) groups is 2. The molecule has 0 aromatic heterocycles. The topological polar surface area (TPSA) is 52.6 Å². The molecule has 10 heteroatoms. The molecule has 0 aromatic carbocycles. The van der Waals surface area contributed by atoms with E-state index in [-0.39, 0.29) is 19.3 Å². The van der Waals surface area contributed by atoms with Gasteiger partial charge in [-0.25, -0.2) is 0 Å². The number of ether oxygens (including phenoxy) is 2. The Morgan fingerprint density at radius 3 is 1.55 bits per heavy atom. The summed E-state index contributed by atoms with van der Waals surface area (Å²) < 4.78 is 94.3. The number of rotatable bonds is 5. The van der Waals surface area contributed by atoms with Gasteiger partial charge in [-0.05, 0) is 66.7 Å². The van der Waals surface area contributed by atoms with Crippen molar-refractivity contribution in [2.24, 2.45) is 10.8 Å². The summed E-state index contributed by atoms with van der Waals surface area (Å²) in [5.41, 5.74) is -11.0. The van der Waals surface area contributed by atoms with E-state index in [0.29, 0.717) is 0 Å². The average Bonchev–Trinajstić information content (AvgIpc) is 2.98. The fourth-order valence-corrected chi connectivity index (χ4v) is 3.11. The summed E-state index contributed by atoms with van der Waals surface area (Å²) >= 11 is 0. The number of carbonyl (C=O) groups excluding carboxylic acids is 2. The van der Waals surface area contributed by atoms with Gasteiger partial charge in [0.2, 0.25) is 0 Å². The molecule has 4 nitrogen and oxygen atoms in total. The van der Waals surface area contributed by atoms with Crippen molar-refractivity contribution in [3.05, 3.63) is 0 Å². The minimum atomic E-state index is -6.06. The molecule has 0 saturated heterocycles. The lowest BCUT2D eigenvalue weighted by molar-refractivity contribution is -0.413. The molecule has 0 radical (unpaired) electrons. The molecule has 0 amide bonds. The van der Waals surface area contributed by atoms with Crippen molar-refractivity contribution in [2.75, 3.05) is 0 Å². The summed E-state index contributed by atoms with van der Waals surface area (Å²) in [7, 11) is 0.